The van der Waals surface area contributed by atoms with Gasteiger partial charge in [-0.15, -0.1) is 0 Å². The van der Waals surface area contributed by atoms with Gasteiger partial charge in [0.05, 0.1) is 5.69 Å². The highest BCUT2D eigenvalue weighted by Gasteiger charge is 2.25. The molecular weight excluding hydrogens is 269 g/mol. The van der Waals surface area contributed by atoms with E-state index in [1.165, 1.54) is 6.07 Å². The number of anilines is 1. The lowest BCUT2D eigenvalue weighted by Crippen LogP contribution is -2.40. The van der Waals surface area contributed by atoms with Crippen LogP contribution in [0, 0.1) is 5.82 Å². The van der Waals surface area contributed by atoms with Gasteiger partial charge in [0.2, 0.25) is 0 Å². The van der Waals surface area contributed by atoms with Gasteiger partial charge in [-0.25, -0.2) is 9.18 Å². The quantitative estimate of drug-likeness (QED) is 0.890. The summed E-state index contributed by atoms with van der Waals surface area (Å²) < 4.78 is 18.4. The predicted octanol–water partition coefficient (Wildman–Crippen LogP) is 2.36. The lowest BCUT2D eigenvalue weighted by atomic mass is 10.2. The van der Waals surface area contributed by atoms with Crippen LogP contribution in [0.2, 0.25) is 0 Å². The number of nitrogens with zero attached hydrogens (tertiary/aromatic N) is 1. The van der Waals surface area contributed by atoms with Crippen LogP contribution in [0.1, 0.15) is 20.8 Å². The number of ether oxygens (including phenoxy) is 1. The van der Waals surface area contributed by atoms with Crippen molar-refractivity contribution in [1.29, 1.82) is 0 Å². The van der Waals surface area contributed by atoms with Crippen molar-refractivity contribution in [1.82, 2.24) is 0 Å². The zero-order chi connectivity index (χ0) is 15.5. The molecule has 0 atom stereocenters. The maximum Gasteiger partial charge on any atom is 0.415 e. The van der Waals surface area contributed by atoms with Gasteiger partial charge in [-0.2, -0.15) is 0 Å². The molecule has 20 heavy (non-hydrogen) atoms. The molecule has 0 bridgehead atoms. The maximum atomic E-state index is 13.3. The van der Waals surface area contributed by atoms with Gasteiger partial charge in [0.15, 0.2) is 11.6 Å². The second-order valence-corrected chi connectivity index (χ2v) is 5.10. The third-order valence-electron chi connectivity index (χ3n) is 2.15. The lowest BCUT2D eigenvalue weighted by molar-refractivity contribution is -0.135. The SMILES string of the molecule is CC(C)(C)OC(=O)N(CC(=O)O)c1ccc(O)c(F)c1. The maximum absolute atomic E-state index is 13.3. The number of aromatic hydroxyl groups is 1. The normalized spacial score (nSPS) is 11.0. The first-order chi connectivity index (χ1) is 9.10. The summed E-state index contributed by atoms with van der Waals surface area (Å²) in [5, 5.41) is 17.9. The van der Waals surface area contributed by atoms with Crippen molar-refractivity contribution in [2.75, 3.05) is 11.4 Å². The Hall–Kier alpha value is -2.31. The highest BCUT2D eigenvalue weighted by Crippen LogP contribution is 2.24. The van der Waals surface area contributed by atoms with E-state index in [1.807, 2.05) is 0 Å². The van der Waals surface area contributed by atoms with Crippen LogP contribution in [-0.2, 0) is 9.53 Å². The summed E-state index contributed by atoms with van der Waals surface area (Å²) in [6, 6.07) is 3.12. The Morgan fingerprint density at radius 3 is 2.40 bits per heavy atom. The minimum atomic E-state index is -1.27. The summed E-state index contributed by atoms with van der Waals surface area (Å²) in [5.74, 6) is -2.82. The first-order valence-corrected chi connectivity index (χ1v) is 5.81. The number of phenolic OH excluding ortho intramolecular Hbond substituents is 1. The Labute approximate surface area is 115 Å². The van der Waals surface area contributed by atoms with Crippen molar-refractivity contribution in [3.8, 4) is 5.75 Å². The van der Waals surface area contributed by atoms with Crippen LogP contribution >= 0.6 is 0 Å². The van der Waals surface area contributed by atoms with Crippen LogP contribution < -0.4 is 4.90 Å². The molecule has 0 aliphatic rings. The fraction of sp³-hybridized carbons (Fsp3) is 0.385. The summed E-state index contributed by atoms with van der Waals surface area (Å²) in [6.07, 6.45) is -0.912. The van der Waals surface area contributed by atoms with Crippen molar-refractivity contribution < 1.29 is 28.9 Å². The summed E-state index contributed by atoms with van der Waals surface area (Å²) in [4.78, 5) is 23.5. The Morgan fingerprint density at radius 2 is 1.95 bits per heavy atom. The van der Waals surface area contributed by atoms with Gasteiger partial charge in [-0.3, -0.25) is 9.69 Å². The van der Waals surface area contributed by atoms with Gasteiger partial charge in [0.1, 0.15) is 12.1 Å². The standard InChI is InChI=1S/C13H16FNO5/c1-13(2,3)20-12(19)15(7-11(17)18)8-4-5-10(16)9(14)6-8/h4-6,16H,7H2,1-3H3,(H,17,18). The number of hydrogen-bond acceptors (Lipinski definition) is 4. The third kappa shape index (κ3) is 4.42. The van der Waals surface area contributed by atoms with Gasteiger partial charge in [0.25, 0.3) is 0 Å². The number of rotatable bonds is 3. The molecule has 0 radical (unpaired) electrons. The van der Waals surface area contributed by atoms with E-state index >= 15 is 0 Å². The van der Waals surface area contributed by atoms with Crippen molar-refractivity contribution in [2.45, 2.75) is 26.4 Å². The molecule has 7 heteroatoms. The fourth-order valence-electron chi connectivity index (χ4n) is 1.38. The highest BCUT2D eigenvalue weighted by atomic mass is 19.1. The van der Waals surface area contributed by atoms with Gasteiger partial charge < -0.3 is 14.9 Å². The smallest absolute Gasteiger partial charge is 0.415 e. The summed E-state index contributed by atoms with van der Waals surface area (Å²) in [7, 11) is 0. The molecule has 0 aliphatic heterocycles. The molecule has 110 valence electrons. The fourth-order valence-corrected chi connectivity index (χ4v) is 1.38. The van der Waals surface area contributed by atoms with Gasteiger partial charge >= 0.3 is 12.1 Å². The monoisotopic (exact) mass is 285 g/mol. The number of carboxylic acid groups (broad SMARTS) is 1. The molecule has 1 aromatic carbocycles. The van der Waals surface area contributed by atoms with Crippen molar-refractivity contribution in [3.05, 3.63) is 24.0 Å². The number of amides is 1. The molecule has 0 aromatic heterocycles. The van der Waals surface area contributed by atoms with E-state index in [2.05, 4.69) is 0 Å². The van der Waals surface area contributed by atoms with Crippen molar-refractivity contribution in [3.63, 3.8) is 0 Å². The molecule has 1 rings (SSSR count). The predicted molar refractivity (Wildman–Crippen MR) is 69.3 cm³/mol. The zero-order valence-electron chi connectivity index (χ0n) is 11.4. The van der Waals surface area contributed by atoms with Crippen LogP contribution in [0.25, 0.3) is 0 Å². The molecule has 2 N–H and O–H groups in total. The van der Waals surface area contributed by atoms with E-state index in [0.717, 1.165) is 17.0 Å². The first kappa shape index (κ1) is 15.7. The number of halogens is 1. The van der Waals surface area contributed by atoms with Crippen LogP contribution in [-0.4, -0.2) is 34.4 Å². The number of hydrogen-bond donors (Lipinski definition) is 2. The van der Waals surface area contributed by atoms with Gasteiger partial charge in [0, 0.05) is 6.07 Å². The van der Waals surface area contributed by atoms with Crippen molar-refractivity contribution >= 4 is 17.7 Å². The second-order valence-electron chi connectivity index (χ2n) is 5.10. The van der Waals surface area contributed by atoms with E-state index in [-0.39, 0.29) is 5.69 Å². The third-order valence-corrected chi connectivity index (χ3v) is 2.15. The number of phenols is 1. The summed E-state index contributed by atoms with van der Waals surface area (Å²) in [5.41, 5.74) is -0.833. The average molecular weight is 285 g/mol. The van der Waals surface area contributed by atoms with Crippen LogP contribution in [0.15, 0.2) is 18.2 Å². The minimum Gasteiger partial charge on any atom is -0.505 e. The number of aliphatic carboxylic acids is 1. The molecule has 0 unspecified atom stereocenters. The molecule has 1 aromatic rings. The molecule has 0 saturated carbocycles. The highest BCUT2D eigenvalue weighted by molar-refractivity contribution is 5.93. The Kier molecular flexibility index (Phi) is 4.54. The largest absolute Gasteiger partial charge is 0.505 e. The van der Waals surface area contributed by atoms with E-state index in [4.69, 9.17) is 14.9 Å². The second kappa shape index (κ2) is 5.77. The molecule has 6 nitrogen and oxygen atoms in total. The molecule has 0 spiro atoms. The summed E-state index contributed by atoms with van der Waals surface area (Å²) in [6.45, 7) is 4.20. The molecule has 0 aliphatic carbocycles. The summed E-state index contributed by atoms with van der Waals surface area (Å²) >= 11 is 0. The zero-order valence-corrected chi connectivity index (χ0v) is 11.4. The number of carbonyl (C=O) groups is 2. The van der Waals surface area contributed by atoms with Crippen molar-refractivity contribution in [2.24, 2.45) is 0 Å². The average Bonchev–Trinajstić information content (AvgIpc) is 2.27. The number of carboxylic acids is 1. The Bertz CT molecular complexity index is 524. The first-order valence-electron chi connectivity index (χ1n) is 5.81. The van der Waals surface area contributed by atoms with E-state index in [1.54, 1.807) is 20.8 Å². The Balaban J connectivity index is 3.08. The van der Waals surface area contributed by atoms with Crippen LogP contribution in [0.5, 0.6) is 5.75 Å². The van der Waals surface area contributed by atoms with E-state index in [9.17, 15) is 14.0 Å². The molecular formula is C13H16FNO5. The van der Waals surface area contributed by atoms with E-state index in [0.29, 0.717) is 0 Å². The number of benzene rings is 1. The molecule has 0 saturated heterocycles. The van der Waals surface area contributed by atoms with Crippen LogP contribution in [0.4, 0.5) is 14.9 Å². The topological polar surface area (TPSA) is 87.1 Å². The molecule has 0 fully saturated rings. The lowest BCUT2D eigenvalue weighted by Gasteiger charge is -2.26. The Morgan fingerprint density at radius 1 is 1.35 bits per heavy atom. The molecule has 1 amide bonds. The van der Waals surface area contributed by atoms with Gasteiger partial charge in [-0.1, -0.05) is 0 Å². The van der Waals surface area contributed by atoms with E-state index < -0.39 is 35.8 Å². The number of carbonyl (C=O) groups excluding carboxylic acids is 1. The molecule has 0 heterocycles. The van der Waals surface area contributed by atoms with Gasteiger partial charge in [-0.05, 0) is 32.9 Å². The minimum absolute atomic E-state index is 0.0167. The van der Waals surface area contributed by atoms with Crippen LogP contribution in [0.3, 0.4) is 0 Å².